The molecule has 1 fully saturated rings. The van der Waals surface area contributed by atoms with Crippen molar-refractivity contribution in [3.05, 3.63) is 28.8 Å². The molecule has 2 heterocycles. The van der Waals surface area contributed by atoms with Gasteiger partial charge >= 0.3 is 0 Å². The molecule has 0 bridgehead atoms. The zero-order chi connectivity index (χ0) is 17.6. The Hall–Kier alpha value is -1.76. The predicted octanol–water partition coefficient (Wildman–Crippen LogP) is 2.53. The molecule has 1 saturated heterocycles. The smallest absolute Gasteiger partial charge is 0.203 e. The second kappa shape index (κ2) is 6.52. The molecule has 25 heavy (non-hydrogen) atoms. The van der Waals surface area contributed by atoms with E-state index in [9.17, 15) is 0 Å². The van der Waals surface area contributed by atoms with Crippen LogP contribution in [0.1, 0.15) is 36.2 Å². The van der Waals surface area contributed by atoms with Crippen molar-refractivity contribution in [3.63, 3.8) is 0 Å². The van der Waals surface area contributed by atoms with Gasteiger partial charge in [-0.05, 0) is 31.0 Å². The third-order valence-corrected chi connectivity index (χ3v) is 5.56. The lowest BCUT2D eigenvalue weighted by Crippen LogP contribution is -2.44. The monoisotopic (exact) mass is 347 g/mol. The molecule has 0 saturated carbocycles. The van der Waals surface area contributed by atoms with Crippen molar-refractivity contribution in [2.45, 2.75) is 37.2 Å². The van der Waals surface area contributed by atoms with Crippen molar-refractivity contribution < 1.29 is 23.7 Å². The molecular formula is C19H25NO5. The molecule has 4 rings (SSSR count). The molecule has 6 heteroatoms. The third-order valence-electron chi connectivity index (χ3n) is 5.56. The quantitative estimate of drug-likeness (QED) is 0.845. The fourth-order valence-corrected chi connectivity index (χ4v) is 4.51. The minimum atomic E-state index is -0.484. The summed E-state index contributed by atoms with van der Waals surface area (Å²) in [5.41, 5.74) is 3.53. The third kappa shape index (κ3) is 2.43. The van der Waals surface area contributed by atoms with Gasteiger partial charge < -0.3 is 29.0 Å². The maximum Gasteiger partial charge on any atom is 0.203 e. The molecule has 0 radical (unpaired) electrons. The molecule has 4 atom stereocenters. The number of hydrogen-bond donors (Lipinski definition) is 1. The fraction of sp³-hybridized carbons (Fsp3) is 0.579. The molecule has 1 aliphatic carbocycles. The lowest BCUT2D eigenvalue weighted by atomic mass is 9.74. The first-order chi connectivity index (χ1) is 12.2. The van der Waals surface area contributed by atoms with Gasteiger partial charge in [0.15, 0.2) is 17.8 Å². The van der Waals surface area contributed by atoms with Crippen LogP contribution < -0.4 is 19.5 Å². The second-order valence-electron chi connectivity index (χ2n) is 6.61. The number of methoxy groups -OCH3 is 4. The van der Waals surface area contributed by atoms with E-state index in [0.29, 0.717) is 17.2 Å². The fourth-order valence-electron chi connectivity index (χ4n) is 4.51. The van der Waals surface area contributed by atoms with Gasteiger partial charge in [0.2, 0.25) is 5.75 Å². The van der Waals surface area contributed by atoms with Crippen molar-refractivity contribution in [1.29, 1.82) is 0 Å². The van der Waals surface area contributed by atoms with Crippen LogP contribution in [0.25, 0.3) is 0 Å². The maximum atomic E-state index is 6.31. The number of ether oxygens (including phenoxy) is 5. The van der Waals surface area contributed by atoms with E-state index in [1.807, 2.05) is 0 Å². The van der Waals surface area contributed by atoms with Crippen LogP contribution in [0.5, 0.6) is 17.2 Å². The summed E-state index contributed by atoms with van der Waals surface area (Å²) >= 11 is 0. The highest BCUT2D eigenvalue weighted by Gasteiger charge is 2.46. The highest BCUT2D eigenvalue weighted by molar-refractivity contribution is 5.62. The number of fused-ring (bicyclic) bond motifs is 5. The normalized spacial score (nSPS) is 30.0. The van der Waals surface area contributed by atoms with Gasteiger partial charge in [-0.2, -0.15) is 0 Å². The summed E-state index contributed by atoms with van der Waals surface area (Å²) in [6.45, 7) is 1.01. The Balaban J connectivity index is 1.93. The van der Waals surface area contributed by atoms with Crippen LogP contribution in [0.3, 0.4) is 0 Å². The Morgan fingerprint density at radius 2 is 1.88 bits per heavy atom. The van der Waals surface area contributed by atoms with Gasteiger partial charge in [-0.1, -0.05) is 11.6 Å². The Morgan fingerprint density at radius 1 is 1.08 bits per heavy atom. The van der Waals surface area contributed by atoms with E-state index >= 15 is 0 Å². The minimum Gasteiger partial charge on any atom is -0.493 e. The van der Waals surface area contributed by atoms with Gasteiger partial charge in [0.1, 0.15) is 0 Å². The lowest BCUT2D eigenvalue weighted by molar-refractivity contribution is -0.178. The van der Waals surface area contributed by atoms with Crippen molar-refractivity contribution >= 4 is 0 Å². The second-order valence-corrected chi connectivity index (χ2v) is 6.61. The molecule has 136 valence electrons. The molecule has 1 aromatic rings. The standard InChI is InChI=1S/C19H25NO5/c1-21-13-9-11-14-12(6-5-10-7-8-20-16(10)14)25-19(24-4)15(11)18(23-3)17(13)22-2/h5,9,12,14,16,19-20H,6-8H2,1-4H3/t12-,14?,16-,19+/m1/s1. The predicted molar refractivity (Wildman–Crippen MR) is 92.6 cm³/mol. The first-order valence-electron chi connectivity index (χ1n) is 8.66. The summed E-state index contributed by atoms with van der Waals surface area (Å²) in [6, 6.07) is 2.35. The molecule has 1 aromatic carbocycles. The molecule has 2 aliphatic heterocycles. The van der Waals surface area contributed by atoms with Gasteiger partial charge in [0.25, 0.3) is 0 Å². The van der Waals surface area contributed by atoms with Crippen LogP contribution in [0.15, 0.2) is 17.7 Å². The zero-order valence-corrected chi connectivity index (χ0v) is 15.1. The van der Waals surface area contributed by atoms with E-state index in [2.05, 4.69) is 17.5 Å². The topological polar surface area (TPSA) is 58.2 Å². The molecule has 1 unspecified atom stereocenters. The van der Waals surface area contributed by atoms with E-state index in [0.717, 1.165) is 30.5 Å². The van der Waals surface area contributed by atoms with Gasteiger partial charge in [0.05, 0.1) is 33.0 Å². The highest BCUT2D eigenvalue weighted by atomic mass is 16.7. The number of hydrogen-bond acceptors (Lipinski definition) is 6. The number of rotatable bonds is 4. The lowest BCUT2D eigenvalue weighted by Gasteiger charge is -2.43. The van der Waals surface area contributed by atoms with E-state index in [-0.39, 0.29) is 18.1 Å². The van der Waals surface area contributed by atoms with Crippen molar-refractivity contribution in [3.8, 4) is 17.2 Å². The average molecular weight is 347 g/mol. The molecular weight excluding hydrogens is 322 g/mol. The Morgan fingerprint density at radius 3 is 2.56 bits per heavy atom. The average Bonchev–Trinajstić information content (AvgIpc) is 3.13. The summed E-state index contributed by atoms with van der Waals surface area (Å²) in [5.74, 6) is 2.07. The van der Waals surface area contributed by atoms with E-state index < -0.39 is 6.29 Å². The van der Waals surface area contributed by atoms with Crippen LogP contribution >= 0.6 is 0 Å². The van der Waals surface area contributed by atoms with Crippen molar-refractivity contribution in [2.24, 2.45) is 0 Å². The summed E-state index contributed by atoms with van der Waals surface area (Å²) < 4.78 is 28.8. The summed E-state index contributed by atoms with van der Waals surface area (Å²) in [5, 5.41) is 3.63. The zero-order valence-electron chi connectivity index (χ0n) is 15.1. The summed E-state index contributed by atoms with van der Waals surface area (Å²) in [7, 11) is 6.55. The molecule has 0 amide bonds. The molecule has 6 nitrogen and oxygen atoms in total. The first kappa shape index (κ1) is 16.7. The van der Waals surface area contributed by atoms with Crippen LogP contribution in [0.2, 0.25) is 0 Å². The molecule has 0 spiro atoms. The van der Waals surface area contributed by atoms with Crippen LogP contribution in [-0.4, -0.2) is 47.1 Å². The van der Waals surface area contributed by atoms with Crippen molar-refractivity contribution in [1.82, 2.24) is 5.32 Å². The van der Waals surface area contributed by atoms with E-state index in [4.69, 9.17) is 23.7 Å². The van der Waals surface area contributed by atoms with E-state index in [1.165, 1.54) is 5.57 Å². The van der Waals surface area contributed by atoms with Gasteiger partial charge in [0, 0.05) is 19.1 Å². The Bertz CT molecular complexity index is 702. The van der Waals surface area contributed by atoms with Gasteiger partial charge in [-0.3, -0.25) is 0 Å². The number of nitrogens with one attached hydrogen (secondary N) is 1. The number of benzene rings is 1. The maximum absolute atomic E-state index is 6.31. The largest absolute Gasteiger partial charge is 0.493 e. The van der Waals surface area contributed by atoms with Crippen molar-refractivity contribution in [2.75, 3.05) is 35.0 Å². The van der Waals surface area contributed by atoms with E-state index in [1.54, 1.807) is 28.4 Å². The van der Waals surface area contributed by atoms with Crippen LogP contribution in [0, 0.1) is 0 Å². The van der Waals surface area contributed by atoms with Gasteiger partial charge in [-0.25, -0.2) is 0 Å². The SMILES string of the molecule is COc1cc2c(c(OC)c1OC)[C@@H](OC)O[C@@H]1CC=C3CCN[C@H]3C21. The molecule has 0 aromatic heterocycles. The summed E-state index contributed by atoms with van der Waals surface area (Å²) in [4.78, 5) is 0. The highest BCUT2D eigenvalue weighted by Crippen LogP contribution is 2.54. The molecule has 1 N–H and O–H groups in total. The molecule has 3 aliphatic rings. The van der Waals surface area contributed by atoms with Crippen LogP contribution in [0.4, 0.5) is 0 Å². The first-order valence-corrected chi connectivity index (χ1v) is 8.66. The Labute approximate surface area is 148 Å². The Kier molecular flexibility index (Phi) is 4.35. The van der Waals surface area contributed by atoms with Gasteiger partial charge in [-0.15, -0.1) is 0 Å². The minimum absolute atomic E-state index is 0.0691. The summed E-state index contributed by atoms with van der Waals surface area (Å²) in [6.07, 6.45) is 3.90. The van der Waals surface area contributed by atoms with Crippen LogP contribution in [-0.2, 0) is 9.47 Å².